The third-order valence-electron chi connectivity index (χ3n) is 5.21. The molecule has 2 unspecified atom stereocenters. The van der Waals surface area contributed by atoms with Gasteiger partial charge in [0.15, 0.2) is 5.82 Å². The minimum atomic E-state index is -0.921. The number of hydrogen-bond donors (Lipinski definition) is 3. The Kier molecular flexibility index (Phi) is 6.89. The Morgan fingerprint density at radius 2 is 1.87 bits per heavy atom. The first kappa shape index (κ1) is 21.6. The van der Waals surface area contributed by atoms with Gasteiger partial charge in [-0.3, -0.25) is 4.79 Å². The number of tetrazole rings is 1. The van der Waals surface area contributed by atoms with Crippen LogP contribution in [-0.4, -0.2) is 31.7 Å². The second-order valence-corrected chi connectivity index (χ2v) is 7.87. The zero-order valence-electron chi connectivity index (χ0n) is 17.0. The molecule has 8 heteroatoms. The van der Waals surface area contributed by atoms with Crippen LogP contribution in [0.15, 0.2) is 42.5 Å². The molecule has 3 aromatic rings. The molecule has 30 heavy (non-hydrogen) atoms. The normalized spacial score (nSPS) is 13.4. The van der Waals surface area contributed by atoms with E-state index in [1.165, 1.54) is 6.07 Å². The monoisotopic (exact) mass is 411 g/mol. The number of H-pyrrole nitrogens is 1. The number of nitrogens with one attached hydrogen (secondary N) is 1. The van der Waals surface area contributed by atoms with Gasteiger partial charge in [0, 0.05) is 18.0 Å². The van der Waals surface area contributed by atoms with Gasteiger partial charge in [-0.1, -0.05) is 55.5 Å². The minimum absolute atomic E-state index is 0.177. The molecule has 3 rings (SSSR count). The summed E-state index contributed by atoms with van der Waals surface area (Å²) in [6, 6.07) is 12.4. The summed E-state index contributed by atoms with van der Waals surface area (Å²) < 4.78 is 14.9. The summed E-state index contributed by atoms with van der Waals surface area (Å²) in [6.07, 6.45) is 0.759. The fourth-order valence-corrected chi connectivity index (χ4v) is 3.68. The van der Waals surface area contributed by atoms with Crippen molar-refractivity contribution in [3.63, 3.8) is 0 Å². The van der Waals surface area contributed by atoms with Gasteiger partial charge in [-0.15, -0.1) is 10.2 Å². The molecule has 0 fully saturated rings. The number of aromatic nitrogens is 4. The number of carbonyl (C=O) groups is 1. The minimum Gasteiger partial charge on any atom is -0.481 e. The Hall–Kier alpha value is -3.13. The van der Waals surface area contributed by atoms with Crippen molar-refractivity contribution in [3.8, 4) is 11.1 Å². The van der Waals surface area contributed by atoms with Crippen LogP contribution in [0.2, 0.25) is 0 Å². The summed E-state index contributed by atoms with van der Waals surface area (Å²) in [7, 11) is 0. The molecule has 2 atom stereocenters. The maximum absolute atomic E-state index is 14.9. The van der Waals surface area contributed by atoms with Crippen LogP contribution >= 0.6 is 0 Å². The molecule has 0 aliphatic heterocycles. The van der Waals surface area contributed by atoms with Crippen LogP contribution < -0.4 is 5.73 Å². The lowest BCUT2D eigenvalue weighted by molar-refractivity contribution is -0.143. The first-order valence-electron chi connectivity index (χ1n) is 9.93. The van der Waals surface area contributed by atoms with Crippen LogP contribution in [0.5, 0.6) is 0 Å². The lowest BCUT2D eigenvalue weighted by Gasteiger charge is -2.23. The molecule has 0 bridgehead atoms. The van der Waals surface area contributed by atoms with Gasteiger partial charge in [-0.05, 0) is 41.5 Å². The highest BCUT2D eigenvalue weighted by Gasteiger charge is 2.33. The fraction of sp³-hybridized carbons (Fsp3) is 0.364. The Labute approximate surface area is 174 Å². The molecule has 0 spiro atoms. The van der Waals surface area contributed by atoms with E-state index in [0.29, 0.717) is 36.3 Å². The van der Waals surface area contributed by atoms with E-state index in [9.17, 15) is 14.3 Å². The van der Waals surface area contributed by atoms with Crippen LogP contribution in [0.4, 0.5) is 4.39 Å². The smallest absolute Gasteiger partial charge is 0.307 e. The number of aliphatic carboxylic acids is 1. The van der Waals surface area contributed by atoms with Gasteiger partial charge in [0.1, 0.15) is 5.82 Å². The van der Waals surface area contributed by atoms with Crippen LogP contribution in [-0.2, 0) is 17.8 Å². The average Bonchev–Trinajstić information content (AvgIpc) is 3.25. The third-order valence-corrected chi connectivity index (χ3v) is 5.21. The summed E-state index contributed by atoms with van der Waals surface area (Å²) >= 11 is 0. The van der Waals surface area contributed by atoms with E-state index in [1.54, 1.807) is 6.07 Å². The lowest BCUT2D eigenvalue weighted by Crippen LogP contribution is -2.26. The number of hydrogen-bond acceptors (Lipinski definition) is 5. The summed E-state index contributed by atoms with van der Waals surface area (Å²) in [4.78, 5) is 12.0. The first-order valence-corrected chi connectivity index (χ1v) is 9.93. The molecule has 0 aliphatic carbocycles. The molecule has 7 nitrogen and oxygen atoms in total. The first-order chi connectivity index (χ1) is 14.4. The van der Waals surface area contributed by atoms with Crippen molar-refractivity contribution in [3.05, 3.63) is 65.2 Å². The summed E-state index contributed by atoms with van der Waals surface area (Å²) in [6.45, 7) is 4.36. The van der Waals surface area contributed by atoms with Crippen molar-refractivity contribution in [2.24, 2.45) is 17.6 Å². The number of carboxylic acid groups (broad SMARTS) is 1. The predicted molar refractivity (Wildman–Crippen MR) is 111 cm³/mol. The van der Waals surface area contributed by atoms with Crippen molar-refractivity contribution < 1.29 is 14.3 Å². The summed E-state index contributed by atoms with van der Waals surface area (Å²) in [5.74, 6) is -2.00. The number of nitrogens with two attached hydrogens (primary N) is 1. The second-order valence-electron chi connectivity index (χ2n) is 7.87. The maximum atomic E-state index is 14.9. The molecular weight excluding hydrogens is 385 g/mol. The molecule has 1 heterocycles. The molecule has 1 aromatic heterocycles. The third kappa shape index (κ3) is 5.07. The maximum Gasteiger partial charge on any atom is 0.307 e. The van der Waals surface area contributed by atoms with E-state index < -0.39 is 17.8 Å². The zero-order chi connectivity index (χ0) is 21.7. The molecule has 4 N–H and O–H groups in total. The van der Waals surface area contributed by atoms with Crippen molar-refractivity contribution in [1.82, 2.24) is 20.6 Å². The number of halogens is 1. The second kappa shape index (κ2) is 9.58. The van der Waals surface area contributed by atoms with Gasteiger partial charge in [-0.2, -0.15) is 5.21 Å². The summed E-state index contributed by atoms with van der Waals surface area (Å²) in [5, 5.41) is 23.8. The molecule has 0 amide bonds. The average molecular weight is 411 g/mol. The summed E-state index contributed by atoms with van der Waals surface area (Å²) in [5.41, 5.74) is 8.51. The number of benzene rings is 2. The number of rotatable bonds is 9. The largest absolute Gasteiger partial charge is 0.481 e. The molecule has 0 aliphatic rings. The Balaban J connectivity index is 1.89. The standard InChI is InChI=1S/C22H26FN5O2/c1-13(2)9-19(22(29)30)18(21-25-27-28-26-21)10-15-5-8-17(20(23)11-15)16-6-3-14(12-24)4-7-16/h3-8,11,13,18-19H,9-10,12,24H2,1-2H3,(H,29,30)(H,25,26,27,28). The molecule has 0 saturated heterocycles. The highest BCUT2D eigenvalue weighted by molar-refractivity contribution is 5.71. The van der Waals surface area contributed by atoms with E-state index in [4.69, 9.17) is 5.73 Å². The Morgan fingerprint density at radius 3 is 2.40 bits per heavy atom. The van der Waals surface area contributed by atoms with Crippen LogP contribution in [0.25, 0.3) is 11.1 Å². The Morgan fingerprint density at radius 1 is 1.17 bits per heavy atom. The lowest BCUT2D eigenvalue weighted by atomic mass is 9.81. The van der Waals surface area contributed by atoms with E-state index >= 15 is 0 Å². The zero-order valence-corrected chi connectivity index (χ0v) is 17.0. The van der Waals surface area contributed by atoms with Crippen LogP contribution in [0, 0.1) is 17.7 Å². The van der Waals surface area contributed by atoms with Crippen LogP contribution in [0.3, 0.4) is 0 Å². The van der Waals surface area contributed by atoms with Gasteiger partial charge < -0.3 is 10.8 Å². The van der Waals surface area contributed by atoms with Gasteiger partial charge in [0.2, 0.25) is 0 Å². The molecule has 0 saturated carbocycles. The van der Waals surface area contributed by atoms with Crippen molar-refractivity contribution in [2.45, 2.75) is 39.2 Å². The SMILES string of the molecule is CC(C)CC(C(=O)O)C(Cc1ccc(-c2ccc(CN)cc2)c(F)c1)c1nn[nH]n1. The van der Waals surface area contributed by atoms with Crippen LogP contribution in [0.1, 0.15) is 43.1 Å². The quantitative estimate of drug-likeness (QED) is 0.496. The van der Waals surface area contributed by atoms with E-state index in [1.807, 2.05) is 44.2 Å². The van der Waals surface area contributed by atoms with E-state index in [-0.39, 0.29) is 11.7 Å². The van der Waals surface area contributed by atoms with Crippen molar-refractivity contribution in [1.29, 1.82) is 0 Å². The van der Waals surface area contributed by atoms with Gasteiger partial charge in [0.05, 0.1) is 5.92 Å². The molecule has 2 aromatic carbocycles. The number of aromatic amines is 1. The Bertz CT molecular complexity index is 974. The highest BCUT2D eigenvalue weighted by atomic mass is 19.1. The number of carboxylic acids is 1. The van der Waals surface area contributed by atoms with E-state index in [2.05, 4.69) is 20.6 Å². The van der Waals surface area contributed by atoms with Gasteiger partial charge in [0.25, 0.3) is 0 Å². The fourth-order valence-electron chi connectivity index (χ4n) is 3.68. The van der Waals surface area contributed by atoms with Gasteiger partial charge in [-0.25, -0.2) is 4.39 Å². The highest BCUT2D eigenvalue weighted by Crippen LogP contribution is 2.32. The predicted octanol–water partition coefficient (Wildman–Crippen LogP) is 3.54. The van der Waals surface area contributed by atoms with Crippen molar-refractivity contribution >= 4 is 5.97 Å². The number of nitrogens with zero attached hydrogens (tertiary/aromatic N) is 3. The van der Waals surface area contributed by atoms with E-state index in [0.717, 1.165) is 11.1 Å². The molecule has 0 radical (unpaired) electrons. The molecule has 158 valence electrons. The van der Waals surface area contributed by atoms with Crippen molar-refractivity contribution in [2.75, 3.05) is 0 Å². The molecular formula is C22H26FN5O2. The van der Waals surface area contributed by atoms with Gasteiger partial charge >= 0.3 is 5.97 Å². The topological polar surface area (TPSA) is 118 Å².